The maximum absolute atomic E-state index is 11.6. The minimum absolute atomic E-state index is 0.0930. The fourth-order valence-corrected chi connectivity index (χ4v) is 2.60. The number of H-pyrrole nitrogens is 1. The zero-order valence-corrected chi connectivity index (χ0v) is 13.6. The quantitative estimate of drug-likeness (QED) is 0.775. The zero-order valence-electron chi connectivity index (χ0n) is 13.6. The van der Waals surface area contributed by atoms with Gasteiger partial charge in [0.2, 0.25) is 0 Å². The van der Waals surface area contributed by atoms with Crippen molar-refractivity contribution in [2.45, 2.75) is 6.92 Å². The first kappa shape index (κ1) is 15.7. The summed E-state index contributed by atoms with van der Waals surface area (Å²) in [6.07, 6.45) is 9.35. The van der Waals surface area contributed by atoms with Crippen LogP contribution in [0.3, 0.4) is 0 Å². The molecule has 2 heterocycles. The Kier molecular flexibility index (Phi) is 4.52. The molecule has 3 aromatic rings. The van der Waals surface area contributed by atoms with Crippen LogP contribution >= 0.6 is 0 Å². The maximum Gasteiger partial charge on any atom is 0.251 e. The number of rotatable bonds is 4. The molecule has 2 N–H and O–H groups in total. The number of benzene rings is 1. The van der Waals surface area contributed by atoms with Gasteiger partial charge in [0.05, 0.1) is 6.20 Å². The number of aromatic amines is 1. The molecule has 0 unspecified atom stereocenters. The molecule has 5 heteroatoms. The van der Waals surface area contributed by atoms with Gasteiger partial charge in [0.1, 0.15) is 0 Å². The summed E-state index contributed by atoms with van der Waals surface area (Å²) < 4.78 is 0. The Balaban J connectivity index is 1.95. The van der Waals surface area contributed by atoms with Crippen LogP contribution in [-0.4, -0.2) is 28.1 Å². The molecule has 24 heavy (non-hydrogen) atoms. The second kappa shape index (κ2) is 6.91. The van der Waals surface area contributed by atoms with E-state index in [-0.39, 0.29) is 5.91 Å². The minimum atomic E-state index is -0.0930. The predicted molar refractivity (Wildman–Crippen MR) is 94.4 cm³/mol. The van der Waals surface area contributed by atoms with Crippen LogP contribution in [0.2, 0.25) is 0 Å². The molecule has 0 aliphatic carbocycles. The topological polar surface area (TPSA) is 70.7 Å². The number of aromatic nitrogens is 3. The van der Waals surface area contributed by atoms with Gasteiger partial charge in [-0.1, -0.05) is 18.2 Å². The molecule has 0 atom stereocenters. The highest BCUT2D eigenvalue weighted by Crippen LogP contribution is 2.26. The molecular formula is C19H18N4O. The molecule has 0 fully saturated rings. The Morgan fingerprint density at radius 1 is 1.04 bits per heavy atom. The first-order valence-electron chi connectivity index (χ1n) is 7.66. The molecule has 0 aliphatic rings. The number of hydrogen-bond acceptors (Lipinski definition) is 3. The molecule has 3 rings (SSSR count). The van der Waals surface area contributed by atoms with Gasteiger partial charge in [0, 0.05) is 47.9 Å². The number of nitrogens with one attached hydrogen (secondary N) is 2. The Morgan fingerprint density at radius 2 is 1.83 bits per heavy atom. The standard InChI is InChI=1S/C19H18N4O/c1-3-18(17-11-22-23-12-17)16-8-15(9-21-10-16)13-4-6-14(7-5-13)19(24)20-2/h3-12H,1-2H3,(H,20,24)(H,22,23)/b18-3+. The Hall–Kier alpha value is -3.21. The number of hydrogen-bond donors (Lipinski definition) is 2. The summed E-state index contributed by atoms with van der Waals surface area (Å²) in [5, 5.41) is 9.46. The summed E-state index contributed by atoms with van der Waals surface area (Å²) in [7, 11) is 1.62. The highest BCUT2D eigenvalue weighted by atomic mass is 16.1. The van der Waals surface area contributed by atoms with Gasteiger partial charge in [0.15, 0.2) is 0 Å². The second-order valence-electron chi connectivity index (χ2n) is 5.31. The van der Waals surface area contributed by atoms with E-state index in [1.807, 2.05) is 55.9 Å². The normalized spacial score (nSPS) is 11.3. The number of carbonyl (C=O) groups is 1. The highest BCUT2D eigenvalue weighted by molar-refractivity contribution is 5.94. The summed E-state index contributed by atoms with van der Waals surface area (Å²) >= 11 is 0. The van der Waals surface area contributed by atoms with E-state index < -0.39 is 0 Å². The fraction of sp³-hybridized carbons (Fsp3) is 0.105. The summed E-state index contributed by atoms with van der Waals surface area (Å²) in [5.41, 5.74) is 5.76. The van der Waals surface area contributed by atoms with Gasteiger partial charge >= 0.3 is 0 Å². The molecule has 0 radical (unpaired) electrons. The van der Waals surface area contributed by atoms with Gasteiger partial charge in [-0.25, -0.2) is 0 Å². The molecule has 1 amide bonds. The third-order valence-electron chi connectivity index (χ3n) is 3.85. The van der Waals surface area contributed by atoms with E-state index in [0.717, 1.165) is 27.8 Å². The lowest BCUT2D eigenvalue weighted by Gasteiger charge is -2.08. The molecule has 0 aliphatic heterocycles. The Bertz CT molecular complexity index is 865. The van der Waals surface area contributed by atoms with Crippen molar-refractivity contribution in [3.63, 3.8) is 0 Å². The lowest BCUT2D eigenvalue weighted by molar-refractivity contribution is 0.0963. The van der Waals surface area contributed by atoms with Gasteiger partial charge in [-0.2, -0.15) is 5.10 Å². The molecule has 0 saturated heterocycles. The van der Waals surface area contributed by atoms with Crippen molar-refractivity contribution < 1.29 is 4.79 Å². The maximum atomic E-state index is 11.6. The zero-order chi connectivity index (χ0) is 16.9. The summed E-state index contributed by atoms with van der Waals surface area (Å²) in [6, 6.07) is 9.57. The largest absolute Gasteiger partial charge is 0.355 e. The van der Waals surface area contributed by atoms with Crippen LogP contribution in [0.1, 0.15) is 28.4 Å². The highest BCUT2D eigenvalue weighted by Gasteiger charge is 2.08. The van der Waals surface area contributed by atoms with Crippen molar-refractivity contribution in [2.24, 2.45) is 0 Å². The van der Waals surface area contributed by atoms with E-state index in [9.17, 15) is 4.79 Å². The van der Waals surface area contributed by atoms with Crippen molar-refractivity contribution in [3.05, 3.63) is 77.9 Å². The van der Waals surface area contributed by atoms with Crippen molar-refractivity contribution in [1.82, 2.24) is 20.5 Å². The monoisotopic (exact) mass is 318 g/mol. The summed E-state index contributed by atoms with van der Waals surface area (Å²) in [4.78, 5) is 16.0. The van der Waals surface area contributed by atoms with Crippen LogP contribution in [-0.2, 0) is 0 Å². The number of amides is 1. The minimum Gasteiger partial charge on any atom is -0.355 e. The SMILES string of the molecule is C/C=C(/c1cn[nH]c1)c1cncc(-c2ccc(C(=O)NC)cc2)c1. The molecule has 0 saturated carbocycles. The lowest BCUT2D eigenvalue weighted by atomic mass is 9.98. The third kappa shape index (κ3) is 3.10. The molecule has 0 bridgehead atoms. The Morgan fingerprint density at radius 3 is 2.46 bits per heavy atom. The van der Waals surface area contributed by atoms with Crippen LogP contribution in [0.4, 0.5) is 0 Å². The summed E-state index contributed by atoms with van der Waals surface area (Å²) in [6.45, 7) is 1.99. The first-order chi connectivity index (χ1) is 11.7. The van der Waals surface area contributed by atoms with Crippen LogP contribution in [0.25, 0.3) is 16.7 Å². The van der Waals surface area contributed by atoms with Gasteiger partial charge < -0.3 is 5.32 Å². The van der Waals surface area contributed by atoms with Gasteiger partial charge in [-0.15, -0.1) is 0 Å². The van der Waals surface area contributed by atoms with E-state index >= 15 is 0 Å². The van der Waals surface area contributed by atoms with Crippen LogP contribution in [0.15, 0.2) is 61.2 Å². The molecule has 1 aromatic carbocycles. The molecular weight excluding hydrogens is 300 g/mol. The molecule has 2 aromatic heterocycles. The molecule has 120 valence electrons. The van der Waals surface area contributed by atoms with E-state index in [2.05, 4.69) is 26.6 Å². The fourth-order valence-electron chi connectivity index (χ4n) is 2.60. The number of pyridine rings is 1. The Labute approximate surface area is 140 Å². The smallest absolute Gasteiger partial charge is 0.251 e. The van der Waals surface area contributed by atoms with E-state index in [1.165, 1.54) is 0 Å². The summed E-state index contributed by atoms with van der Waals surface area (Å²) in [5.74, 6) is -0.0930. The van der Waals surface area contributed by atoms with E-state index in [1.54, 1.807) is 13.2 Å². The van der Waals surface area contributed by atoms with Gasteiger partial charge in [-0.05, 0) is 36.3 Å². The van der Waals surface area contributed by atoms with Crippen LogP contribution in [0, 0.1) is 0 Å². The molecule has 5 nitrogen and oxygen atoms in total. The first-order valence-corrected chi connectivity index (χ1v) is 7.66. The number of nitrogens with zero attached hydrogens (tertiary/aromatic N) is 2. The number of allylic oxidation sites excluding steroid dienone is 1. The van der Waals surface area contributed by atoms with Gasteiger partial charge in [0.25, 0.3) is 5.91 Å². The van der Waals surface area contributed by atoms with E-state index in [4.69, 9.17) is 0 Å². The number of carbonyl (C=O) groups excluding carboxylic acids is 1. The predicted octanol–water partition coefficient (Wildman–Crippen LogP) is 3.28. The van der Waals surface area contributed by atoms with Crippen LogP contribution in [0.5, 0.6) is 0 Å². The van der Waals surface area contributed by atoms with Crippen molar-refractivity contribution in [2.75, 3.05) is 7.05 Å². The van der Waals surface area contributed by atoms with Crippen molar-refractivity contribution in [1.29, 1.82) is 0 Å². The average molecular weight is 318 g/mol. The third-order valence-corrected chi connectivity index (χ3v) is 3.85. The van der Waals surface area contributed by atoms with Crippen LogP contribution < -0.4 is 5.32 Å². The second-order valence-corrected chi connectivity index (χ2v) is 5.31. The van der Waals surface area contributed by atoms with E-state index in [0.29, 0.717) is 5.56 Å². The average Bonchev–Trinajstić information content (AvgIpc) is 3.16. The van der Waals surface area contributed by atoms with Crippen molar-refractivity contribution >= 4 is 11.5 Å². The molecule has 0 spiro atoms. The van der Waals surface area contributed by atoms with Gasteiger partial charge in [-0.3, -0.25) is 14.9 Å². The van der Waals surface area contributed by atoms with Crippen molar-refractivity contribution in [3.8, 4) is 11.1 Å². The lowest BCUT2D eigenvalue weighted by Crippen LogP contribution is -2.17.